The number of anilines is 1. The maximum atomic E-state index is 12.1. The Kier molecular flexibility index (Phi) is 3.33. The number of carbonyl (C=O) groups is 3. The van der Waals surface area contributed by atoms with E-state index in [9.17, 15) is 14.4 Å². The third kappa shape index (κ3) is 2.07. The Morgan fingerprint density at radius 3 is 2.56 bits per heavy atom. The van der Waals surface area contributed by atoms with Crippen LogP contribution in [-0.4, -0.2) is 29.4 Å². The van der Waals surface area contributed by atoms with E-state index in [2.05, 4.69) is 10.6 Å². The fraction of sp³-hybridized carbons (Fsp3) is 0.0909. The summed E-state index contributed by atoms with van der Waals surface area (Å²) in [5, 5.41) is 4.53. The maximum Gasteiger partial charge on any atom is 0.265 e. The van der Waals surface area contributed by atoms with Crippen molar-refractivity contribution in [3.05, 3.63) is 30.3 Å². The Balaban J connectivity index is 2.35. The highest BCUT2D eigenvalue weighted by Gasteiger charge is 2.38. The lowest BCUT2D eigenvalue weighted by atomic mass is 10.1. The highest BCUT2D eigenvalue weighted by Crippen LogP contribution is 2.17. The molecule has 1 aromatic rings. The summed E-state index contributed by atoms with van der Waals surface area (Å²) in [5.41, 5.74) is 0.533. The lowest BCUT2D eigenvalue weighted by molar-refractivity contribution is -0.133. The van der Waals surface area contributed by atoms with Crippen molar-refractivity contribution in [3.8, 4) is 0 Å². The molecule has 1 atom stereocenters. The predicted octanol–water partition coefficient (Wildman–Crippen LogP) is -0.451. The standard InChI is InChI=1S/C11H9N3O3S/c15-6-12-8-9(16)13-11(18)14(10(8)17)7-4-2-1-3-5-7/h1-6,8H,(H,12,15)(H,13,16,18). The second-order valence-corrected chi connectivity index (χ2v) is 3.91. The zero-order valence-corrected chi connectivity index (χ0v) is 9.94. The average Bonchev–Trinajstić information content (AvgIpc) is 2.35. The molecule has 3 amide bonds. The van der Waals surface area contributed by atoms with Crippen LogP contribution < -0.4 is 15.5 Å². The largest absolute Gasteiger partial charge is 0.339 e. The van der Waals surface area contributed by atoms with Gasteiger partial charge < -0.3 is 10.6 Å². The number of nitrogens with zero attached hydrogens (tertiary/aromatic N) is 1. The highest BCUT2D eigenvalue weighted by atomic mass is 32.1. The van der Waals surface area contributed by atoms with Crippen molar-refractivity contribution in [1.82, 2.24) is 10.6 Å². The SMILES string of the molecule is O=CNC1C(=O)NC(=S)N(c2ccccc2)C1=O. The summed E-state index contributed by atoms with van der Waals surface area (Å²) in [6.07, 6.45) is 0.305. The number of rotatable bonds is 3. The van der Waals surface area contributed by atoms with Crippen LogP contribution in [0.5, 0.6) is 0 Å². The van der Waals surface area contributed by atoms with Crippen LogP contribution >= 0.6 is 12.2 Å². The van der Waals surface area contributed by atoms with Gasteiger partial charge in [0.1, 0.15) is 0 Å². The number of benzene rings is 1. The number of thiocarbonyl (C=S) groups is 1. The molecule has 7 heteroatoms. The number of hydrogen-bond acceptors (Lipinski definition) is 4. The van der Waals surface area contributed by atoms with E-state index in [1.165, 1.54) is 4.90 Å². The molecular weight excluding hydrogens is 254 g/mol. The molecule has 0 aromatic heterocycles. The Morgan fingerprint density at radius 1 is 1.28 bits per heavy atom. The van der Waals surface area contributed by atoms with E-state index in [0.717, 1.165) is 0 Å². The minimum Gasteiger partial charge on any atom is -0.339 e. The molecule has 1 aliphatic rings. The van der Waals surface area contributed by atoms with Crippen LogP contribution in [0, 0.1) is 0 Å². The van der Waals surface area contributed by atoms with Crippen molar-refractivity contribution in [3.63, 3.8) is 0 Å². The summed E-state index contributed by atoms with van der Waals surface area (Å²) in [6, 6.07) is 7.38. The van der Waals surface area contributed by atoms with Crippen LogP contribution in [0.2, 0.25) is 0 Å². The molecule has 1 aliphatic heterocycles. The van der Waals surface area contributed by atoms with Gasteiger partial charge in [-0.25, -0.2) is 0 Å². The summed E-state index contributed by atoms with van der Waals surface area (Å²) in [4.78, 5) is 35.2. The number of hydrogen-bond donors (Lipinski definition) is 2. The first kappa shape index (κ1) is 12.2. The summed E-state index contributed by atoms with van der Waals surface area (Å²) in [5.74, 6) is -1.22. The first-order valence-corrected chi connectivity index (χ1v) is 5.49. The van der Waals surface area contributed by atoms with Crippen molar-refractivity contribution in [2.75, 3.05) is 4.90 Å². The number of nitrogens with one attached hydrogen (secondary N) is 2. The van der Waals surface area contributed by atoms with Gasteiger partial charge in [0.15, 0.2) is 11.2 Å². The van der Waals surface area contributed by atoms with E-state index >= 15 is 0 Å². The average molecular weight is 263 g/mol. The third-order valence-corrected chi connectivity index (χ3v) is 2.70. The van der Waals surface area contributed by atoms with Crippen molar-refractivity contribution < 1.29 is 14.4 Å². The summed E-state index contributed by atoms with van der Waals surface area (Å²) in [6.45, 7) is 0. The first-order chi connectivity index (χ1) is 8.65. The second kappa shape index (κ2) is 4.92. The Morgan fingerprint density at radius 2 is 1.94 bits per heavy atom. The van der Waals surface area contributed by atoms with Crippen LogP contribution in [0.3, 0.4) is 0 Å². The summed E-state index contributed by atoms with van der Waals surface area (Å²) in [7, 11) is 0. The van der Waals surface area contributed by atoms with Crippen LogP contribution in [-0.2, 0) is 14.4 Å². The first-order valence-electron chi connectivity index (χ1n) is 5.08. The second-order valence-electron chi connectivity index (χ2n) is 3.52. The molecule has 0 spiro atoms. The van der Waals surface area contributed by atoms with E-state index in [4.69, 9.17) is 12.2 Å². The van der Waals surface area contributed by atoms with Crippen LogP contribution in [0.4, 0.5) is 5.69 Å². The summed E-state index contributed by atoms with van der Waals surface area (Å²) < 4.78 is 0. The van der Waals surface area contributed by atoms with Gasteiger partial charge in [-0.15, -0.1) is 0 Å². The van der Waals surface area contributed by atoms with E-state index in [1.807, 2.05) is 0 Å². The number of para-hydroxylation sites is 1. The smallest absolute Gasteiger partial charge is 0.265 e. The Hall–Kier alpha value is -2.28. The molecule has 1 saturated heterocycles. The number of amides is 3. The Labute approximate surface area is 108 Å². The van der Waals surface area contributed by atoms with Gasteiger partial charge in [-0.05, 0) is 24.4 Å². The van der Waals surface area contributed by atoms with Crippen molar-refractivity contribution >= 4 is 41.2 Å². The summed E-state index contributed by atoms with van der Waals surface area (Å²) >= 11 is 4.96. The van der Waals surface area contributed by atoms with E-state index in [1.54, 1.807) is 30.3 Å². The maximum absolute atomic E-state index is 12.1. The zero-order valence-electron chi connectivity index (χ0n) is 9.12. The third-order valence-electron chi connectivity index (χ3n) is 2.41. The quantitative estimate of drug-likeness (QED) is 0.440. The van der Waals surface area contributed by atoms with Gasteiger partial charge >= 0.3 is 0 Å². The molecule has 18 heavy (non-hydrogen) atoms. The molecule has 1 heterocycles. The van der Waals surface area contributed by atoms with Crippen LogP contribution in [0.25, 0.3) is 0 Å². The fourth-order valence-corrected chi connectivity index (χ4v) is 1.91. The van der Waals surface area contributed by atoms with Gasteiger partial charge in [0.25, 0.3) is 11.8 Å². The Bertz CT molecular complexity index is 518. The molecule has 1 aromatic carbocycles. The highest BCUT2D eigenvalue weighted by molar-refractivity contribution is 7.80. The lowest BCUT2D eigenvalue weighted by Crippen LogP contribution is -2.64. The molecule has 2 rings (SSSR count). The molecule has 2 N–H and O–H groups in total. The van der Waals surface area contributed by atoms with Crippen molar-refractivity contribution in [2.45, 2.75) is 6.04 Å². The predicted molar refractivity (Wildman–Crippen MR) is 67.7 cm³/mol. The monoisotopic (exact) mass is 263 g/mol. The molecule has 1 fully saturated rings. The zero-order chi connectivity index (χ0) is 13.1. The van der Waals surface area contributed by atoms with Crippen molar-refractivity contribution in [1.29, 1.82) is 0 Å². The van der Waals surface area contributed by atoms with Crippen molar-refractivity contribution in [2.24, 2.45) is 0 Å². The van der Waals surface area contributed by atoms with Gasteiger partial charge in [0.2, 0.25) is 6.41 Å². The molecule has 92 valence electrons. The molecule has 0 saturated carbocycles. The van der Waals surface area contributed by atoms with E-state index in [0.29, 0.717) is 12.1 Å². The molecular formula is C11H9N3O3S. The minimum absolute atomic E-state index is 0.000138. The van der Waals surface area contributed by atoms with Gasteiger partial charge in [-0.1, -0.05) is 18.2 Å². The molecule has 1 unspecified atom stereocenters. The molecule has 0 radical (unpaired) electrons. The van der Waals surface area contributed by atoms with Gasteiger partial charge in [-0.2, -0.15) is 0 Å². The van der Waals surface area contributed by atoms with E-state index < -0.39 is 17.9 Å². The van der Waals surface area contributed by atoms with Gasteiger partial charge in [-0.3, -0.25) is 19.3 Å². The molecule has 6 nitrogen and oxygen atoms in total. The van der Waals surface area contributed by atoms with Gasteiger partial charge in [0, 0.05) is 0 Å². The molecule has 0 bridgehead atoms. The number of carbonyl (C=O) groups excluding carboxylic acids is 3. The topological polar surface area (TPSA) is 78.5 Å². The minimum atomic E-state index is -1.26. The lowest BCUT2D eigenvalue weighted by Gasteiger charge is -2.31. The molecule has 0 aliphatic carbocycles. The normalized spacial score (nSPS) is 19.4. The fourth-order valence-electron chi connectivity index (χ4n) is 1.61. The van der Waals surface area contributed by atoms with E-state index in [-0.39, 0.29) is 5.11 Å². The van der Waals surface area contributed by atoms with Crippen LogP contribution in [0.1, 0.15) is 0 Å². The van der Waals surface area contributed by atoms with Crippen LogP contribution in [0.15, 0.2) is 30.3 Å². The van der Waals surface area contributed by atoms with Gasteiger partial charge in [0.05, 0.1) is 5.69 Å².